The minimum absolute atomic E-state index is 0.347. The summed E-state index contributed by atoms with van der Waals surface area (Å²) < 4.78 is 0. The van der Waals surface area contributed by atoms with Crippen molar-refractivity contribution in [2.24, 2.45) is 11.8 Å². The van der Waals surface area contributed by atoms with Crippen LogP contribution in [0.3, 0.4) is 0 Å². The molecule has 0 fully saturated rings. The highest BCUT2D eigenvalue weighted by Gasteiger charge is 2.50. The molecule has 0 aliphatic carbocycles. The van der Waals surface area contributed by atoms with Gasteiger partial charge in [-0.25, -0.2) is 0 Å². The highest BCUT2D eigenvalue weighted by molar-refractivity contribution is 6.30. The van der Waals surface area contributed by atoms with Crippen LogP contribution >= 0.6 is 11.6 Å². The van der Waals surface area contributed by atoms with Crippen LogP contribution in [0.1, 0.15) is 32.2 Å². The van der Waals surface area contributed by atoms with Crippen molar-refractivity contribution in [3.63, 3.8) is 0 Å². The Balaban J connectivity index is 1.67. The first-order valence-corrected chi connectivity index (χ1v) is 10.5. The summed E-state index contributed by atoms with van der Waals surface area (Å²) in [6.45, 7) is 0. The number of hydrogen-bond donors (Lipinski definition) is 2. The van der Waals surface area contributed by atoms with E-state index in [0.29, 0.717) is 33.1 Å². The van der Waals surface area contributed by atoms with Crippen LogP contribution in [0.25, 0.3) is 0 Å². The third kappa shape index (κ3) is 3.20. The number of rotatable bonds is 3. The highest BCUT2D eigenvalue weighted by Crippen LogP contribution is 2.43. The van der Waals surface area contributed by atoms with Crippen LogP contribution in [0, 0.1) is 11.8 Å². The fourth-order valence-corrected chi connectivity index (χ4v) is 4.65. The second kappa shape index (κ2) is 7.73. The van der Waals surface area contributed by atoms with Gasteiger partial charge in [0.1, 0.15) is 11.8 Å². The number of ketones is 2. The summed E-state index contributed by atoms with van der Waals surface area (Å²) in [5.41, 5.74) is 2.03. The van der Waals surface area contributed by atoms with Crippen LogP contribution in [0.5, 0.6) is 0 Å². The van der Waals surface area contributed by atoms with Crippen molar-refractivity contribution in [2.45, 2.75) is 5.92 Å². The molecular weight excluding hydrogens is 428 g/mol. The standard InChI is InChI=1S/C25H17ClN2O4/c26-14-11-9-13(10-12-14)19(20-22(29)15-5-1-3-7-17(15)27-24(20)31)21-23(30)16-6-2-4-8-18(16)28-25(21)32/h1-12,19-21H,(H,27,31)(H,28,32). The zero-order valence-electron chi connectivity index (χ0n) is 16.7. The predicted molar refractivity (Wildman–Crippen MR) is 120 cm³/mol. The lowest BCUT2D eigenvalue weighted by Gasteiger charge is -2.35. The van der Waals surface area contributed by atoms with Gasteiger partial charge in [-0.05, 0) is 42.0 Å². The summed E-state index contributed by atoms with van der Waals surface area (Å²) in [4.78, 5) is 53.3. The molecule has 0 spiro atoms. The van der Waals surface area contributed by atoms with Crippen LogP contribution in [0.4, 0.5) is 11.4 Å². The summed E-state index contributed by atoms with van der Waals surface area (Å²) in [6, 6.07) is 19.9. The molecule has 2 unspecified atom stereocenters. The van der Waals surface area contributed by atoms with E-state index in [1.807, 2.05) is 0 Å². The van der Waals surface area contributed by atoms with E-state index < -0.39 is 41.1 Å². The zero-order valence-corrected chi connectivity index (χ0v) is 17.4. The maximum absolute atomic E-state index is 13.5. The third-order valence-electron chi connectivity index (χ3n) is 6.00. The molecule has 3 aromatic carbocycles. The Morgan fingerprint density at radius 1 is 0.625 bits per heavy atom. The quantitative estimate of drug-likeness (QED) is 0.588. The van der Waals surface area contributed by atoms with Crippen molar-refractivity contribution < 1.29 is 19.2 Å². The minimum Gasteiger partial charge on any atom is -0.325 e. The smallest absolute Gasteiger partial charge is 0.236 e. The zero-order chi connectivity index (χ0) is 22.4. The average Bonchev–Trinajstić information content (AvgIpc) is 2.78. The van der Waals surface area contributed by atoms with Gasteiger partial charge >= 0.3 is 0 Å². The van der Waals surface area contributed by atoms with Crippen LogP contribution in [0.2, 0.25) is 5.02 Å². The van der Waals surface area contributed by atoms with Crippen LogP contribution < -0.4 is 10.6 Å². The number of amides is 2. The molecule has 6 nitrogen and oxygen atoms in total. The number of carbonyl (C=O) groups excluding carboxylic acids is 4. The summed E-state index contributed by atoms with van der Waals surface area (Å²) in [5.74, 6) is -5.46. The van der Waals surface area contributed by atoms with Gasteiger partial charge in [-0.2, -0.15) is 0 Å². The van der Waals surface area contributed by atoms with E-state index in [0.717, 1.165) is 0 Å². The van der Waals surface area contributed by atoms with Gasteiger partial charge in [-0.1, -0.05) is 48.0 Å². The molecule has 0 saturated carbocycles. The lowest BCUT2D eigenvalue weighted by Crippen LogP contribution is -2.47. The van der Waals surface area contributed by atoms with E-state index in [-0.39, 0.29) is 0 Å². The molecule has 5 rings (SSSR count). The van der Waals surface area contributed by atoms with E-state index in [4.69, 9.17) is 11.6 Å². The van der Waals surface area contributed by atoms with Crippen molar-refractivity contribution in [3.05, 3.63) is 94.5 Å². The predicted octanol–water partition coefficient (Wildman–Crippen LogP) is 4.33. The fraction of sp³-hybridized carbons (Fsp3) is 0.120. The molecule has 2 aliphatic rings. The molecule has 0 radical (unpaired) electrons. The normalized spacial score (nSPS) is 20.7. The van der Waals surface area contributed by atoms with Crippen LogP contribution in [0.15, 0.2) is 72.8 Å². The van der Waals surface area contributed by atoms with Gasteiger partial charge < -0.3 is 10.6 Å². The number of fused-ring (bicyclic) bond motifs is 2. The summed E-state index contributed by atoms with van der Waals surface area (Å²) in [5, 5.41) is 5.98. The van der Waals surface area contributed by atoms with Gasteiger partial charge in [0.05, 0.1) is 11.4 Å². The van der Waals surface area contributed by atoms with Crippen LogP contribution in [-0.4, -0.2) is 23.4 Å². The largest absolute Gasteiger partial charge is 0.325 e. The molecule has 2 N–H and O–H groups in total. The van der Waals surface area contributed by atoms with E-state index in [1.54, 1.807) is 72.8 Å². The molecule has 2 amide bonds. The Hall–Kier alpha value is -3.77. The molecule has 158 valence electrons. The maximum atomic E-state index is 13.5. The van der Waals surface area contributed by atoms with Crippen molar-refractivity contribution >= 4 is 46.4 Å². The number of benzene rings is 3. The number of anilines is 2. The molecule has 32 heavy (non-hydrogen) atoms. The summed E-state index contributed by atoms with van der Waals surface area (Å²) >= 11 is 6.04. The molecule has 0 saturated heterocycles. The SMILES string of the molecule is O=C1Nc2ccccc2C(=O)C1C(c1ccc(Cl)cc1)C1C(=O)Nc2ccccc2C1=O. The lowest BCUT2D eigenvalue weighted by molar-refractivity contribution is -0.122. The molecule has 3 aromatic rings. The van der Waals surface area contributed by atoms with Gasteiger partial charge in [0.25, 0.3) is 0 Å². The van der Waals surface area contributed by atoms with Gasteiger partial charge in [-0.3, -0.25) is 19.2 Å². The Labute approximate surface area is 188 Å². The van der Waals surface area contributed by atoms with Gasteiger partial charge in [-0.15, -0.1) is 0 Å². The Kier molecular flexibility index (Phi) is 4.87. The maximum Gasteiger partial charge on any atom is 0.236 e. The molecule has 0 aromatic heterocycles. The number of carbonyl (C=O) groups is 4. The average molecular weight is 445 g/mol. The Morgan fingerprint density at radius 3 is 1.53 bits per heavy atom. The summed E-state index contributed by atoms with van der Waals surface area (Å²) in [6.07, 6.45) is 0. The number of Topliss-reactive ketones (excluding diaryl/α,β-unsaturated/α-hetero) is 2. The first-order chi connectivity index (χ1) is 15.5. The molecule has 2 heterocycles. The van der Waals surface area contributed by atoms with Crippen molar-refractivity contribution in [2.75, 3.05) is 10.6 Å². The number of hydrogen-bond acceptors (Lipinski definition) is 4. The number of para-hydroxylation sites is 2. The van der Waals surface area contributed by atoms with Crippen molar-refractivity contribution in [3.8, 4) is 0 Å². The highest BCUT2D eigenvalue weighted by atomic mass is 35.5. The minimum atomic E-state index is -1.25. The van der Waals surface area contributed by atoms with Gasteiger partial charge in [0.15, 0.2) is 11.6 Å². The van der Waals surface area contributed by atoms with Gasteiger partial charge in [0.2, 0.25) is 11.8 Å². The molecule has 2 aliphatic heterocycles. The topological polar surface area (TPSA) is 92.3 Å². The third-order valence-corrected chi connectivity index (χ3v) is 6.26. The molecule has 7 heteroatoms. The molecule has 2 atom stereocenters. The first kappa shape index (κ1) is 20.2. The number of halogens is 1. The second-order valence-electron chi connectivity index (χ2n) is 7.83. The number of nitrogens with one attached hydrogen (secondary N) is 2. The van der Waals surface area contributed by atoms with Crippen molar-refractivity contribution in [1.29, 1.82) is 0 Å². The monoisotopic (exact) mass is 444 g/mol. The van der Waals surface area contributed by atoms with Crippen molar-refractivity contribution in [1.82, 2.24) is 0 Å². The Bertz CT molecular complexity index is 1210. The fourth-order valence-electron chi connectivity index (χ4n) is 4.52. The van der Waals surface area contributed by atoms with Crippen LogP contribution in [-0.2, 0) is 9.59 Å². The van der Waals surface area contributed by atoms with E-state index in [2.05, 4.69) is 10.6 Å². The summed E-state index contributed by atoms with van der Waals surface area (Å²) in [7, 11) is 0. The van der Waals surface area contributed by atoms with E-state index in [9.17, 15) is 19.2 Å². The lowest BCUT2D eigenvalue weighted by atomic mass is 9.68. The van der Waals surface area contributed by atoms with Gasteiger partial charge in [0, 0.05) is 22.1 Å². The second-order valence-corrected chi connectivity index (χ2v) is 8.27. The molecule has 0 bridgehead atoms. The Morgan fingerprint density at radius 2 is 1.06 bits per heavy atom. The van der Waals surface area contributed by atoms with E-state index >= 15 is 0 Å². The van der Waals surface area contributed by atoms with E-state index in [1.165, 1.54) is 0 Å². The molecular formula is C25H17ClN2O4. The first-order valence-electron chi connectivity index (χ1n) is 10.1.